The van der Waals surface area contributed by atoms with Crippen molar-refractivity contribution in [2.75, 3.05) is 4.43 Å². The summed E-state index contributed by atoms with van der Waals surface area (Å²) in [6.45, 7) is 23.7. The third-order valence-electron chi connectivity index (χ3n) is 11.2. The molecule has 4 aromatic carbocycles. The number of alkyl halides is 1. The lowest BCUT2D eigenvalue weighted by Gasteiger charge is -2.17. The van der Waals surface area contributed by atoms with Gasteiger partial charge in [0.1, 0.15) is 19.0 Å². The predicted octanol–water partition coefficient (Wildman–Crippen LogP) is 17.0. The van der Waals surface area contributed by atoms with E-state index >= 15 is 0 Å². The molecule has 6 nitrogen and oxygen atoms in total. The van der Waals surface area contributed by atoms with Crippen molar-refractivity contribution in [1.29, 1.82) is 5.26 Å². The van der Waals surface area contributed by atoms with Crippen molar-refractivity contribution in [3.63, 3.8) is 0 Å². The smallest absolute Gasteiger partial charge is 0.161 e. The van der Waals surface area contributed by atoms with Crippen LogP contribution < -0.4 is 9.47 Å². The number of hydrogen-bond acceptors (Lipinski definition) is 6. The number of aromatic nitrogens is 2. The maximum atomic E-state index is 10.5. The van der Waals surface area contributed by atoms with Gasteiger partial charge in [0, 0.05) is 29.9 Å². The average molecular weight is 1020 g/mol. The number of phenols is 1. The van der Waals surface area contributed by atoms with E-state index in [9.17, 15) is 5.11 Å². The van der Waals surface area contributed by atoms with Gasteiger partial charge in [-0.2, -0.15) is 5.26 Å². The molecule has 0 bridgehead atoms. The number of aryl methyl sites for hydroxylation is 3. The minimum atomic E-state index is 0.127. The molecule has 6 aromatic rings. The van der Waals surface area contributed by atoms with Crippen LogP contribution in [0.4, 0.5) is 0 Å². The first-order valence-corrected chi connectivity index (χ1v) is 25.1. The lowest BCUT2D eigenvalue weighted by molar-refractivity contribution is 0.289. The number of nitriles is 1. The molecule has 0 aliphatic heterocycles. The van der Waals surface area contributed by atoms with E-state index in [1.807, 2.05) is 73.7 Å². The molecular weight excluding hydrogens is 950 g/mol. The number of ether oxygens (including phenoxy) is 2. The molecule has 2 heterocycles. The summed E-state index contributed by atoms with van der Waals surface area (Å²) < 4.78 is 13.2. The lowest BCUT2D eigenvalue weighted by atomic mass is 9.93. The summed E-state index contributed by atoms with van der Waals surface area (Å²) >= 11 is 2.35. The van der Waals surface area contributed by atoms with Gasteiger partial charge in [0.25, 0.3) is 0 Å². The number of pyridine rings is 2. The van der Waals surface area contributed by atoms with Crippen LogP contribution in [0.15, 0.2) is 168 Å². The summed E-state index contributed by atoms with van der Waals surface area (Å²) in [5.74, 6) is 2.07. The topological polar surface area (TPSA) is 88.3 Å². The first kappa shape index (κ1) is 54.4. The molecule has 354 valence electrons. The summed E-state index contributed by atoms with van der Waals surface area (Å²) in [6, 6.07) is 42.4. The molecule has 1 N–H and O–H groups in total. The van der Waals surface area contributed by atoms with Gasteiger partial charge < -0.3 is 14.6 Å². The third-order valence-corrected chi connectivity index (χ3v) is 12.3. The first-order chi connectivity index (χ1) is 32.8. The van der Waals surface area contributed by atoms with Gasteiger partial charge in [-0.15, -0.1) is 0 Å². The molecular formula is C61H70IN3O3. The minimum absolute atomic E-state index is 0.127. The van der Waals surface area contributed by atoms with Crippen LogP contribution in [0.2, 0.25) is 0 Å². The number of allylic oxidation sites excluding steroid dienone is 8. The quantitative estimate of drug-likeness (QED) is 0.103. The monoisotopic (exact) mass is 1020 g/mol. The zero-order valence-corrected chi connectivity index (χ0v) is 44.2. The summed E-state index contributed by atoms with van der Waals surface area (Å²) in [5, 5.41) is 17.9. The Morgan fingerprint density at radius 3 is 1.31 bits per heavy atom. The van der Waals surface area contributed by atoms with Crippen LogP contribution in [0.25, 0.3) is 22.5 Å². The van der Waals surface area contributed by atoms with Gasteiger partial charge in [-0.25, -0.2) is 0 Å². The number of benzene rings is 4. The van der Waals surface area contributed by atoms with E-state index in [1.54, 1.807) is 12.1 Å². The van der Waals surface area contributed by atoms with Crippen LogP contribution in [0.5, 0.6) is 17.2 Å². The van der Waals surface area contributed by atoms with Crippen LogP contribution in [0.1, 0.15) is 119 Å². The van der Waals surface area contributed by atoms with Crippen LogP contribution in [-0.4, -0.2) is 19.5 Å². The number of nitrogens with zero attached hydrogens (tertiary/aromatic N) is 3. The molecule has 0 fully saturated rings. The number of rotatable bonds is 11. The molecule has 68 heavy (non-hydrogen) atoms. The molecule has 2 aliphatic carbocycles. The first-order valence-electron chi connectivity index (χ1n) is 23.6. The van der Waals surface area contributed by atoms with Crippen LogP contribution in [0, 0.1) is 32.1 Å². The van der Waals surface area contributed by atoms with Crippen LogP contribution in [-0.2, 0) is 13.2 Å². The second-order valence-electron chi connectivity index (χ2n) is 17.1. The Kier molecular flexibility index (Phi) is 22.5. The van der Waals surface area contributed by atoms with Crippen molar-refractivity contribution >= 4 is 22.6 Å². The van der Waals surface area contributed by atoms with E-state index in [2.05, 4.69) is 158 Å². The molecule has 8 rings (SSSR count). The summed E-state index contributed by atoms with van der Waals surface area (Å²) in [7, 11) is 0. The molecule has 0 saturated carbocycles. The summed E-state index contributed by atoms with van der Waals surface area (Å²) in [4.78, 5) is 9.95. The molecule has 0 saturated heterocycles. The second-order valence-corrected chi connectivity index (χ2v) is 18.2. The van der Waals surface area contributed by atoms with Crippen LogP contribution >= 0.6 is 22.6 Å². The van der Waals surface area contributed by atoms with Gasteiger partial charge in [0.15, 0.2) is 11.5 Å². The molecule has 0 amide bonds. The zero-order valence-electron chi connectivity index (χ0n) is 42.0. The van der Waals surface area contributed by atoms with Crippen molar-refractivity contribution in [2.45, 2.75) is 114 Å². The van der Waals surface area contributed by atoms with E-state index < -0.39 is 0 Å². The highest BCUT2D eigenvalue weighted by atomic mass is 127. The highest BCUT2D eigenvalue weighted by Crippen LogP contribution is 2.39. The number of phenolic OH excluding ortho intramolecular Hbond substituents is 1. The fourth-order valence-electron chi connectivity index (χ4n) is 7.84. The van der Waals surface area contributed by atoms with Gasteiger partial charge >= 0.3 is 0 Å². The Labute approximate surface area is 421 Å². The van der Waals surface area contributed by atoms with E-state index in [0.29, 0.717) is 24.9 Å². The largest absolute Gasteiger partial charge is 0.504 e. The van der Waals surface area contributed by atoms with Crippen molar-refractivity contribution in [1.82, 2.24) is 9.97 Å². The fourth-order valence-corrected chi connectivity index (χ4v) is 7.84. The third kappa shape index (κ3) is 15.7. The highest BCUT2D eigenvalue weighted by molar-refractivity contribution is 14.1. The number of aromatic hydroxyl groups is 1. The Morgan fingerprint density at radius 1 is 0.544 bits per heavy atom. The van der Waals surface area contributed by atoms with Gasteiger partial charge in [-0.1, -0.05) is 169 Å². The predicted molar refractivity (Wildman–Crippen MR) is 294 cm³/mol. The summed E-state index contributed by atoms with van der Waals surface area (Å²) in [5.41, 5.74) is 17.0. The van der Waals surface area contributed by atoms with E-state index in [-0.39, 0.29) is 11.7 Å². The maximum absolute atomic E-state index is 10.5. The van der Waals surface area contributed by atoms with Crippen molar-refractivity contribution in [3.05, 3.63) is 207 Å². The Balaban J connectivity index is 0.000000248. The average Bonchev–Trinajstić information content (AvgIpc) is 3.87. The molecule has 0 atom stereocenters. The van der Waals surface area contributed by atoms with E-state index in [1.165, 1.54) is 57.6 Å². The van der Waals surface area contributed by atoms with Gasteiger partial charge in [0.05, 0.1) is 28.8 Å². The minimum Gasteiger partial charge on any atom is -0.504 e. The standard InChI is InChI=1S/C27H27NO.C26H25NO2.C3H7I.C3H8.C2H3N/c1-18-13-14-19(2)27(18)25-12-8-11-24(28-25)23-15-21(4)26(16-20(23)3)29-17-22-9-6-5-7-10-22;1-17-12-13-18(2)26(17)23-11-7-10-22(27-23)21-15-24(28)25(14-19(21)3)29-16-20-8-5-4-6-9-20;1-2-3-4;1-3-2;1-2-3/h5-16,27H,17H2,1-4H3;4-15,26,28H,16H2,1-3H3;2-3H2,1H3;3H2,1-2H3;1H3. The Hall–Kier alpha value is -6.24. The molecule has 0 spiro atoms. The van der Waals surface area contributed by atoms with Gasteiger partial charge in [-0.3, -0.25) is 9.97 Å². The zero-order chi connectivity index (χ0) is 49.6. The molecule has 7 heteroatoms. The molecule has 2 aromatic heterocycles. The number of halogens is 1. The normalized spacial score (nSPS) is 12.7. The highest BCUT2D eigenvalue weighted by Gasteiger charge is 2.23. The lowest BCUT2D eigenvalue weighted by Crippen LogP contribution is -2.03. The Bertz CT molecular complexity index is 2500. The van der Waals surface area contributed by atoms with Gasteiger partial charge in [-0.05, 0) is 136 Å². The number of hydrogen-bond donors (Lipinski definition) is 1. The molecule has 0 radical (unpaired) electrons. The second kappa shape index (κ2) is 28.2. The van der Waals surface area contributed by atoms with E-state index in [0.717, 1.165) is 56.3 Å². The van der Waals surface area contributed by atoms with Crippen molar-refractivity contribution in [3.8, 4) is 45.8 Å². The van der Waals surface area contributed by atoms with E-state index in [4.69, 9.17) is 24.7 Å². The molecule has 0 unspecified atom stereocenters. The van der Waals surface area contributed by atoms with Crippen molar-refractivity contribution < 1.29 is 14.6 Å². The SMILES string of the molecule is CC#N.CC1=CC=C(C)C1c1cccc(-c2cc(C)c(OCc3ccccc3)cc2C)n1.CC1=CC=C(C)C1c1cccc(-c2cc(O)c(OCc3ccccc3)cc2C)n1.CCC.CCCI. The molecule has 2 aliphatic rings. The summed E-state index contributed by atoms with van der Waals surface area (Å²) in [6.07, 6.45) is 11.3. The van der Waals surface area contributed by atoms with Crippen molar-refractivity contribution in [2.24, 2.45) is 0 Å². The van der Waals surface area contributed by atoms with Crippen LogP contribution in [0.3, 0.4) is 0 Å². The fraction of sp³-hybridized carbons (Fsp3) is 0.295. The Morgan fingerprint density at radius 2 is 0.912 bits per heavy atom. The maximum Gasteiger partial charge on any atom is 0.161 e. The van der Waals surface area contributed by atoms with Gasteiger partial charge in [0.2, 0.25) is 0 Å².